The molecule has 0 N–H and O–H groups in total. The van der Waals surface area contributed by atoms with Crippen molar-refractivity contribution in [1.29, 1.82) is 0 Å². The van der Waals surface area contributed by atoms with Crippen molar-refractivity contribution in [1.82, 2.24) is 0 Å². The molecule has 16 heavy (non-hydrogen) atoms. The highest BCUT2D eigenvalue weighted by Gasteiger charge is 2.10. The molecule has 1 aromatic rings. The van der Waals surface area contributed by atoms with Crippen molar-refractivity contribution >= 4 is 8.46 Å². The van der Waals surface area contributed by atoms with Crippen molar-refractivity contribution in [3.63, 3.8) is 0 Å². The van der Waals surface area contributed by atoms with Crippen LogP contribution in [0.1, 0.15) is 44.0 Å². The molecule has 3 heteroatoms. The summed E-state index contributed by atoms with van der Waals surface area (Å²) in [5.74, 6) is -0.303. The van der Waals surface area contributed by atoms with Crippen molar-refractivity contribution in [2.45, 2.75) is 38.5 Å². The van der Waals surface area contributed by atoms with Crippen LogP contribution in [-0.4, -0.2) is 6.61 Å². The van der Waals surface area contributed by atoms with Crippen LogP contribution in [0, 0.1) is 0 Å². The van der Waals surface area contributed by atoms with Crippen molar-refractivity contribution in [3.8, 4) is 0 Å². The zero-order valence-corrected chi connectivity index (χ0v) is 10.7. The van der Waals surface area contributed by atoms with E-state index in [0.717, 1.165) is 12.0 Å². The first-order valence-electron chi connectivity index (χ1n) is 5.87. The molecular weight excluding hydrogens is 219 g/mol. The smallest absolute Gasteiger partial charge is 0.192 e. The van der Waals surface area contributed by atoms with Gasteiger partial charge in [0, 0.05) is 6.61 Å². The molecule has 0 heterocycles. The summed E-state index contributed by atoms with van der Waals surface area (Å²) in [5, 5.41) is 0. The molecule has 0 aromatic heterocycles. The van der Waals surface area contributed by atoms with E-state index in [4.69, 9.17) is 4.74 Å². The summed E-state index contributed by atoms with van der Waals surface area (Å²) in [5.41, 5.74) is 0.981. The molecule has 0 spiro atoms. The van der Waals surface area contributed by atoms with Crippen LogP contribution in [0.2, 0.25) is 0 Å². The van der Waals surface area contributed by atoms with E-state index in [1.165, 1.54) is 19.3 Å². The fraction of sp³-hybridized carbons (Fsp3) is 0.538. The Kier molecular flexibility index (Phi) is 7.03. The van der Waals surface area contributed by atoms with Crippen molar-refractivity contribution in [2.24, 2.45) is 0 Å². The minimum absolute atomic E-state index is 0.0404. The Hall–Kier alpha value is -0.720. The second-order valence-corrected chi connectivity index (χ2v) is 4.48. The van der Waals surface area contributed by atoms with Crippen molar-refractivity contribution in [3.05, 3.63) is 35.9 Å². The Labute approximate surface area is 99.2 Å². The van der Waals surface area contributed by atoms with Gasteiger partial charge in [-0.05, 0) is 12.0 Å². The molecule has 0 saturated carbocycles. The molecule has 0 amide bonds. The lowest BCUT2D eigenvalue weighted by Gasteiger charge is -2.10. The minimum Gasteiger partial charge on any atom is -0.361 e. The molecule has 88 valence electrons. The van der Waals surface area contributed by atoms with Gasteiger partial charge >= 0.3 is 0 Å². The summed E-state index contributed by atoms with van der Waals surface area (Å²) in [4.78, 5) is 0. The van der Waals surface area contributed by atoms with Gasteiger partial charge in [-0.1, -0.05) is 56.5 Å². The van der Waals surface area contributed by atoms with Gasteiger partial charge in [-0.2, -0.15) is 0 Å². The Morgan fingerprint density at radius 3 is 2.56 bits per heavy atom. The number of hydrogen-bond acceptors (Lipinski definition) is 2. The highest BCUT2D eigenvalue weighted by atomic mass is 31.1. The van der Waals surface area contributed by atoms with Gasteiger partial charge in [0.05, 0.1) is 0 Å². The predicted octanol–water partition coefficient (Wildman–Crippen LogP) is 4.57. The molecular formula is C13H19O2P. The first kappa shape index (κ1) is 13.3. The molecule has 0 fully saturated rings. The third kappa shape index (κ3) is 4.87. The normalized spacial score (nSPS) is 12.8. The fourth-order valence-electron chi connectivity index (χ4n) is 1.53. The van der Waals surface area contributed by atoms with Gasteiger partial charge in [-0.15, -0.1) is 0 Å². The average molecular weight is 238 g/mol. The second kappa shape index (κ2) is 8.43. The van der Waals surface area contributed by atoms with Gasteiger partial charge < -0.3 is 4.74 Å². The van der Waals surface area contributed by atoms with Crippen LogP contribution in [0.5, 0.6) is 0 Å². The standard InChI is InChI=1S/C13H19O2P/c1-2-3-4-8-11-15-13(16-14)12-9-6-5-7-10-12/h5-7,9-10,13H,2-4,8,11H2,1H3. The van der Waals surface area contributed by atoms with E-state index < -0.39 is 0 Å². The minimum atomic E-state index is -0.303. The third-order valence-electron chi connectivity index (χ3n) is 2.45. The molecule has 0 aliphatic rings. The first-order valence-corrected chi connectivity index (χ1v) is 6.75. The van der Waals surface area contributed by atoms with E-state index in [-0.39, 0.29) is 14.3 Å². The summed E-state index contributed by atoms with van der Waals surface area (Å²) in [6, 6.07) is 9.72. The molecule has 2 nitrogen and oxygen atoms in total. The summed E-state index contributed by atoms with van der Waals surface area (Å²) >= 11 is 0. The number of ether oxygens (including phenoxy) is 1. The average Bonchev–Trinajstić information content (AvgIpc) is 2.35. The quantitative estimate of drug-likeness (QED) is 0.489. The molecule has 1 aromatic carbocycles. The van der Waals surface area contributed by atoms with Gasteiger partial charge in [-0.25, -0.2) is 0 Å². The maximum atomic E-state index is 11.0. The van der Waals surface area contributed by atoms with Gasteiger partial charge in [0.1, 0.15) is 0 Å². The van der Waals surface area contributed by atoms with Crippen LogP contribution in [0.4, 0.5) is 0 Å². The summed E-state index contributed by atoms with van der Waals surface area (Å²) in [6.45, 7) is 2.87. The molecule has 0 aliphatic carbocycles. The van der Waals surface area contributed by atoms with Gasteiger partial charge in [0.15, 0.2) is 14.3 Å². The summed E-state index contributed by atoms with van der Waals surface area (Å²) in [7, 11) is 0.0404. The number of hydrogen-bond donors (Lipinski definition) is 0. The summed E-state index contributed by atoms with van der Waals surface area (Å²) in [6.07, 6.45) is 4.71. The fourth-order valence-corrected chi connectivity index (χ4v) is 1.99. The molecule has 1 unspecified atom stereocenters. The monoisotopic (exact) mass is 238 g/mol. The maximum absolute atomic E-state index is 11.0. The predicted molar refractivity (Wildman–Crippen MR) is 66.9 cm³/mol. The first-order chi connectivity index (χ1) is 7.88. The van der Waals surface area contributed by atoms with E-state index in [9.17, 15) is 4.57 Å². The SMILES string of the molecule is CCCCCCOC(P=O)c1ccccc1. The van der Waals surface area contributed by atoms with Crippen LogP contribution in [0.15, 0.2) is 30.3 Å². The van der Waals surface area contributed by atoms with Crippen LogP contribution in [0.25, 0.3) is 0 Å². The van der Waals surface area contributed by atoms with Gasteiger partial charge in [0.25, 0.3) is 0 Å². The third-order valence-corrected chi connectivity index (χ3v) is 3.09. The lowest BCUT2D eigenvalue weighted by molar-refractivity contribution is 0.105. The molecule has 1 atom stereocenters. The van der Waals surface area contributed by atoms with E-state index in [0.29, 0.717) is 6.61 Å². The summed E-state index contributed by atoms with van der Waals surface area (Å²) < 4.78 is 16.6. The topological polar surface area (TPSA) is 26.3 Å². The molecule has 0 saturated heterocycles. The van der Waals surface area contributed by atoms with E-state index in [1.54, 1.807) is 0 Å². The Bertz CT molecular complexity index is 287. The van der Waals surface area contributed by atoms with Crippen LogP contribution in [-0.2, 0) is 9.30 Å². The van der Waals surface area contributed by atoms with E-state index >= 15 is 0 Å². The van der Waals surface area contributed by atoms with E-state index in [2.05, 4.69) is 6.92 Å². The number of rotatable bonds is 8. The Balaban J connectivity index is 2.30. The highest BCUT2D eigenvalue weighted by molar-refractivity contribution is 7.24. The lowest BCUT2D eigenvalue weighted by Crippen LogP contribution is -1.99. The van der Waals surface area contributed by atoms with E-state index in [1.807, 2.05) is 30.3 Å². The molecule has 0 radical (unpaired) electrons. The maximum Gasteiger partial charge on any atom is 0.192 e. The second-order valence-electron chi connectivity index (χ2n) is 3.80. The van der Waals surface area contributed by atoms with Crippen LogP contribution >= 0.6 is 8.46 Å². The highest BCUT2D eigenvalue weighted by Crippen LogP contribution is 2.28. The van der Waals surface area contributed by atoms with Gasteiger partial charge in [0.2, 0.25) is 0 Å². The Morgan fingerprint density at radius 1 is 1.19 bits per heavy atom. The lowest BCUT2D eigenvalue weighted by atomic mass is 10.2. The molecule has 1 rings (SSSR count). The number of unbranched alkanes of at least 4 members (excludes halogenated alkanes) is 3. The van der Waals surface area contributed by atoms with Crippen LogP contribution in [0.3, 0.4) is 0 Å². The van der Waals surface area contributed by atoms with Gasteiger partial charge in [-0.3, -0.25) is 4.57 Å². The zero-order valence-electron chi connectivity index (χ0n) is 9.76. The molecule has 0 aliphatic heterocycles. The van der Waals surface area contributed by atoms with Crippen molar-refractivity contribution < 1.29 is 9.30 Å². The zero-order chi connectivity index (χ0) is 11.6. The van der Waals surface area contributed by atoms with Crippen molar-refractivity contribution in [2.75, 3.05) is 6.61 Å². The molecule has 0 bridgehead atoms. The Morgan fingerprint density at radius 2 is 1.94 bits per heavy atom. The van der Waals surface area contributed by atoms with Crippen LogP contribution < -0.4 is 0 Å². The number of benzene rings is 1. The largest absolute Gasteiger partial charge is 0.361 e.